The SMILES string of the molecule is O=C(O)c1cccc(Nc2ccc(-c3cccc(F)n3)cc2)c1. The molecular weight excluding hydrogens is 295 g/mol. The maximum atomic E-state index is 13.2. The summed E-state index contributed by atoms with van der Waals surface area (Å²) in [5, 5.41) is 12.1. The molecule has 23 heavy (non-hydrogen) atoms. The van der Waals surface area contributed by atoms with E-state index >= 15 is 0 Å². The number of carboxylic acid groups (broad SMARTS) is 1. The van der Waals surface area contributed by atoms with Crippen LogP contribution in [0, 0.1) is 5.95 Å². The highest BCUT2D eigenvalue weighted by atomic mass is 19.1. The second-order valence-corrected chi connectivity index (χ2v) is 4.93. The van der Waals surface area contributed by atoms with Gasteiger partial charge in [-0.05, 0) is 42.5 Å². The molecule has 0 saturated carbocycles. The molecule has 0 atom stereocenters. The van der Waals surface area contributed by atoms with Crippen molar-refractivity contribution in [2.45, 2.75) is 0 Å². The summed E-state index contributed by atoms with van der Waals surface area (Å²) in [6, 6.07) is 18.5. The van der Waals surface area contributed by atoms with E-state index in [9.17, 15) is 9.18 Å². The number of carboxylic acids is 1. The van der Waals surface area contributed by atoms with Gasteiger partial charge in [0.1, 0.15) is 0 Å². The summed E-state index contributed by atoms with van der Waals surface area (Å²) >= 11 is 0. The first-order valence-electron chi connectivity index (χ1n) is 6.95. The van der Waals surface area contributed by atoms with Crippen LogP contribution in [0.1, 0.15) is 10.4 Å². The van der Waals surface area contributed by atoms with Crippen molar-refractivity contribution in [2.75, 3.05) is 5.32 Å². The predicted molar refractivity (Wildman–Crippen MR) is 86.3 cm³/mol. The molecule has 4 nitrogen and oxygen atoms in total. The quantitative estimate of drug-likeness (QED) is 0.704. The highest BCUT2D eigenvalue weighted by Crippen LogP contribution is 2.22. The van der Waals surface area contributed by atoms with Gasteiger partial charge in [0, 0.05) is 16.9 Å². The van der Waals surface area contributed by atoms with E-state index in [1.54, 1.807) is 30.3 Å². The molecule has 0 fully saturated rings. The first-order valence-corrected chi connectivity index (χ1v) is 6.95. The van der Waals surface area contributed by atoms with Gasteiger partial charge in [-0.3, -0.25) is 0 Å². The van der Waals surface area contributed by atoms with Crippen molar-refractivity contribution in [3.8, 4) is 11.3 Å². The Balaban J connectivity index is 1.80. The number of nitrogens with one attached hydrogen (secondary N) is 1. The molecule has 2 aromatic carbocycles. The Morgan fingerprint density at radius 3 is 2.39 bits per heavy atom. The highest BCUT2D eigenvalue weighted by Gasteiger charge is 2.04. The second kappa shape index (κ2) is 6.27. The van der Waals surface area contributed by atoms with Gasteiger partial charge in [0.05, 0.1) is 11.3 Å². The van der Waals surface area contributed by atoms with Crippen molar-refractivity contribution in [3.63, 3.8) is 0 Å². The van der Waals surface area contributed by atoms with Crippen molar-refractivity contribution in [2.24, 2.45) is 0 Å². The molecule has 0 saturated heterocycles. The Hall–Kier alpha value is -3.21. The molecule has 0 spiro atoms. The van der Waals surface area contributed by atoms with E-state index in [2.05, 4.69) is 10.3 Å². The third-order valence-corrected chi connectivity index (χ3v) is 3.29. The van der Waals surface area contributed by atoms with Gasteiger partial charge in [0.15, 0.2) is 0 Å². The first kappa shape index (κ1) is 14.7. The van der Waals surface area contributed by atoms with Crippen molar-refractivity contribution in [3.05, 3.63) is 78.2 Å². The minimum Gasteiger partial charge on any atom is -0.478 e. The van der Waals surface area contributed by atoms with E-state index in [1.165, 1.54) is 12.1 Å². The van der Waals surface area contributed by atoms with Gasteiger partial charge in [-0.1, -0.05) is 24.3 Å². The van der Waals surface area contributed by atoms with Crippen molar-refractivity contribution < 1.29 is 14.3 Å². The molecule has 0 unspecified atom stereocenters. The fourth-order valence-corrected chi connectivity index (χ4v) is 2.19. The zero-order chi connectivity index (χ0) is 16.2. The predicted octanol–water partition coefficient (Wildman–Crippen LogP) is 4.33. The van der Waals surface area contributed by atoms with Crippen molar-refractivity contribution in [1.82, 2.24) is 4.98 Å². The monoisotopic (exact) mass is 308 g/mol. The smallest absolute Gasteiger partial charge is 0.335 e. The van der Waals surface area contributed by atoms with Crippen LogP contribution in [-0.2, 0) is 0 Å². The number of carbonyl (C=O) groups is 1. The van der Waals surface area contributed by atoms with E-state index in [4.69, 9.17) is 5.11 Å². The Labute approximate surface area is 132 Å². The van der Waals surface area contributed by atoms with Gasteiger partial charge < -0.3 is 10.4 Å². The van der Waals surface area contributed by atoms with E-state index in [0.717, 1.165) is 11.3 Å². The molecule has 0 aliphatic rings. The fraction of sp³-hybridized carbons (Fsp3) is 0. The van der Waals surface area contributed by atoms with E-state index in [-0.39, 0.29) is 5.56 Å². The van der Waals surface area contributed by atoms with Crippen LogP contribution in [0.15, 0.2) is 66.7 Å². The largest absolute Gasteiger partial charge is 0.478 e. The fourth-order valence-electron chi connectivity index (χ4n) is 2.19. The Morgan fingerprint density at radius 2 is 1.70 bits per heavy atom. The average molecular weight is 308 g/mol. The lowest BCUT2D eigenvalue weighted by Crippen LogP contribution is -1.97. The highest BCUT2D eigenvalue weighted by molar-refractivity contribution is 5.89. The first-order chi connectivity index (χ1) is 11.1. The summed E-state index contributed by atoms with van der Waals surface area (Å²) in [7, 11) is 0. The number of anilines is 2. The molecule has 0 bridgehead atoms. The van der Waals surface area contributed by atoms with Gasteiger partial charge >= 0.3 is 5.97 Å². The topological polar surface area (TPSA) is 62.2 Å². The van der Waals surface area contributed by atoms with Crippen LogP contribution in [0.4, 0.5) is 15.8 Å². The summed E-state index contributed by atoms with van der Waals surface area (Å²) in [4.78, 5) is 14.8. The third-order valence-electron chi connectivity index (χ3n) is 3.29. The van der Waals surface area contributed by atoms with Gasteiger partial charge in [-0.2, -0.15) is 4.39 Å². The zero-order valence-electron chi connectivity index (χ0n) is 12.0. The van der Waals surface area contributed by atoms with Crippen LogP contribution in [0.25, 0.3) is 11.3 Å². The number of pyridine rings is 1. The molecule has 5 heteroatoms. The summed E-state index contributed by atoms with van der Waals surface area (Å²) in [6.45, 7) is 0. The number of aromatic nitrogens is 1. The van der Waals surface area contributed by atoms with Crippen LogP contribution in [0.3, 0.4) is 0 Å². The van der Waals surface area contributed by atoms with Gasteiger partial charge in [0.25, 0.3) is 0 Å². The minimum atomic E-state index is -0.971. The Kier molecular flexibility index (Phi) is 4.01. The van der Waals surface area contributed by atoms with E-state index in [1.807, 2.05) is 24.3 Å². The molecule has 3 aromatic rings. The maximum Gasteiger partial charge on any atom is 0.335 e. The van der Waals surface area contributed by atoms with E-state index in [0.29, 0.717) is 11.4 Å². The van der Waals surface area contributed by atoms with Crippen LogP contribution >= 0.6 is 0 Å². The minimum absolute atomic E-state index is 0.218. The number of aromatic carboxylic acids is 1. The molecule has 3 rings (SSSR count). The normalized spacial score (nSPS) is 10.3. The lowest BCUT2D eigenvalue weighted by Gasteiger charge is -2.08. The molecule has 0 aliphatic carbocycles. The molecule has 1 heterocycles. The zero-order valence-corrected chi connectivity index (χ0v) is 12.0. The van der Waals surface area contributed by atoms with Crippen LogP contribution < -0.4 is 5.32 Å². The van der Waals surface area contributed by atoms with Crippen LogP contribution in [0.5, 0.6) is 0 Å². The maximum absolute atomic E-state index is 13.2. The number of hydrogen-bond donors (Lipinski definition) is 2. The number of halogens is 1. The number of nitrogens with zero attached hydrogens (tertiary/aromatic N) is 1. The molecule has 0 amide bonds. The van der Waals surface area contributed by atoms with Crippen LogP contribution in [-0.4, -0.2) is 16.1 Å². The van der Waals surface area contributed by atoms with E-state index < -0.39 is 11.9 Å². The number of benzene rings is 2. The lowest BCUT2D eigenvalue weighted by atomic mass is 10.1. The molecule has 114 valence electrons. The van der Waals surface area contributed by atoms with Crippen LogP contribution in [0.2, 0.25) is 0 Å². The van der Waals surface area contributed by atoms with Crippen molar-refractivity contribution >= 4 is 17.3 Å². The standard InChI is InChI=1S/C18H13FN2O2/c19-17-6-2-5-16(21-17)12-7-9-14(10-8-12)20-15-4-1-3-13(11-15)18(22)23/h1-11,20H,(H,22,23). The molecule has 0 radical (unpaired) electrons. The Bertz CT molecular complexity index is 848. The number of hydrogen-bond acceptors (Lipinski definition) is 3. The summed E-state index contributed by atoms with van der Waals surface area (Å²) in [5.41, 5.74) is 3.06. The average Bonchev–Trinajstić information content (AvgIpc) is 2.56. The summed E-state index contributed by atoms with van der Waals surface area (Å²) in [6.07, 6.45) is 0. The second-order valence-electron chi connectivity index (χ2n) is 4.93. The molecule has 2 N–H and O–H groups in total. The molecular formula is C18H13FN2O2. The molecule has 1 aromatic heterocycles. The molecule has 0 aliphatic heterocycles. The van der Waals surface area contributed by atoms with Gasteiger partial charge in [-0.25, -0.2) is 9.78 Å². The third kappa shape index (κ3) is 3.52. The summed E-state index contributed by atoms with van der Waals surface area (Å²) < 4.78 is 13.2. The Morgan fingerprint density at radius 1 is 0.957 bits per heavy atom. The van der Waals surface area contributed by atoms with Crippen molar-refractivity contribution in [1.29, 1.82) is 0 Å². The van der Waals surface area contributed by atoms with Gasteiger partial charge in [0.2, 0.25) is 5.95 Å². The summed E-state index contributed by atoms with van der Waals surface area (Å²) in [5.74, 6) is -1.49. The lowest BCUT2D eigenvalue weighted by molar-refractivity contribution is 0.0697. The number of rotatable bonds is 4. The van der Waals surface area contributed by atoms with Gasteiger partial charge in [-0.15, -0.1) is 0 Å².